The largest absolute Gasteiger partial charge is 0.416 e. The van der Waals surface area contributed by atoms with Crippen molar-refractivity contribution in [3.8, 4) is 0 Å². The van der Waals surface area contributed by atoms with E-state index in [9.17, 15) is 22.8 Å². The first-order valence-electron chi connectivity index (χ1n) is 7.09. The smallest absolute Gasteiger partial charge is 0.345 e. The number of alkyl halides is 3. The summed E-state index contributed by atoms with van der Waals surface area (Å²) in [5.74, 6) is -0.910. The van der Waals surface area contributed by atoms with E-state index in [1.54, 1.807) is 14.1 Å². The van der Waals surface area contributed by atoms with E-state index in [1.807, 2.05) is 0 Å². The minimum Gasteiger partial charge on any atom is -0.345 e. The summed E-state index contributed by atoms with van der Waals surface area (Å²) in [6.07, 6.45) is -4.47. The van der Waals surface area contributed by atoms with Crippen molar-refractivity contribution in [1.82, 2.24) is 4.90 Å². The third kappa shape index (κ3) is 4.51. The van der Waals surface area contributed by atoms with E-state index in [-0.39, 0.29) is 22.2 Å². The van der Waals surface area contributed by atoms with Gasteiger partial charge in [-0.1, -0.05) is 11.6 Å². The number of benzene rings is 2. The molecule has 132 valence electrons. The molecule has 0 aromatic heterocycles. The highest BCUT2D eigenvalue weighted by atomic mass is 35.5. The van der Waals surface area contributed by atoms with Crippen LogP contribution in [0.2, 0.25) is 5.02 Å². The maximum Gasteiger partial charge on any atom is 0.416 e. The number of carbonyl (C=O) groups is 2. The van der Waals surface area contributed by atoms with Gasteiger partial charge in [0.05, 0.1) is 16.3 Å². The summed E-state index contributed by atoms with van der Waals surface area (Å²) in [6, 6.07) is 8.17. The van der Waals surface area contributed by atoms with Crippen molar-refractivity contribution in [2.45, 2.75) is 6.18 Å². The zero-order chi connectivity index (χ0) is 18.8. The average Bonchev–Trinajstić information content (AvgIpc) is 2.55. The van der Waals surface area contributed by atoms with Gasteiger partial charge in [-0.3, -0.25) is 9.59 Å². The first-order valence-corrected chi connectivity index (χ1v) is 7.47. The van der Waals surface area contributed by atoms with Crippen LogP contribution in [0.4, 0.5) is 18.9 Å². The molecule has 4 nitrogen and oxygen atoms in total. The Morgan fingerprint density at radius 1 is 1.00 bits per heavy atom. The van der Waals surface area contributed by atoms with E-state index >= 15 is 0 Å². The maximum absolute atomic E-state index is 12.6. The Bertz CT molecular complexity index is 803. The van der Waals surface area contributed by atoms with Gasteiger partial charge in [0.15, 0.2) is 0 Å². The zero-order valence-corrected chi connectivity index (χ0v) is 14.1. The molecule has 0 fully saturated rings. The van der Waals surface area contributed by atoms with Gasteiger partial charge in [0.2, 0.25) is 0 Å². The van der Waals surface area contributed by atoms with Gasteiger partial charge in [0, 0.05) is 25.2 Å². The lowest BCUT2D eigenvalue weighted by atomic mass is 10.1. The third-order valence-corrected chi connectivity index (χ3v) is 3.67. The number of hydrogen-bond acceptors (Lipinski definition) is 2. The molecule has 0 unspecified atom stereocenters. The second-order valence-corrected chi connectivity index (χ2v) is 5.83. The maximum atomic E-state index is 12.6. The predicted octanol–water partition coefficient (Wildman–Crippen LogP) is 4.31. The molecule has 2 rings (SSSR count). The molecular formula is C17H14ClF3N2O2. The summed E-state index contributed by atoms with van der Waals surface area (Å²) in [6.45, 7) is 0. The number of carbonyl (C=O) groups excluding carboxylic acids is 2. The number of amides is 2. The molecule has 0 aliphatic carbocycles. The molecule has 0 bridgehead atoms. The molecule has 0 spiro atoms. The average molecular weight is 371 g/mol. The van der Waals surface area contributed by atoms with Gasteiger partial charge < -0.3 is 10.2 Å². The molecule has 1 N–H and O–H groups in total. The molecule has 2 aromatic rings. The predicted molar refractivity (Wildman–Crippen MR) is 88.9 cm³/mol. The van der Waals surface area contributed by atoms with E-state index < -0.39 is 17.6 Å². The lowest BCUT2D eigenvalue weighted by Gasteiger charge is -2.13. The van der Waals surface area contributed by atoms with Crippen molar-refractivity contribution in [2.75, 3.05) is 19.4 Å². The van der Waals surface area contributed by atoms with Crippen LogP contribution in [0.15, 0.2) is 42.5 Å². The fourth-order valence-electron chi connectivity index (χ4n) is 2.02. The fraction of sp³-hybridized carbons (Fsp3) is 0.176. The van der Waals surface area contributed by atoms with Gasteiger partial charge in [0.1, 0.15) is 0 Å². The van der Waals surface area contributed by atoms with Gasteiger partial charge in [-0.05, 0) is 42.5 Å². The molecule has 0 aliphatic heterocycles. The Balaban J connectivity index is 2.23. The quantitative estimate of drug-likeness (QED) is 0.875. The van der Waals surface area contributed by atoms with Crippen molar-refractivity contribution in [3.05, 3.63) is 64.2 Å². The normalized spacial score (nSPS) is 11.1. The van der Waals surface area contributed by atoms with E-state index in [1.165, 1.54) is 23.1 Å². The van der Waals surface area contributed by atoms with Gasteiger partial charge in [-0.2, -0.15) is 13.2 Å². The standard InChI is InChI=1S/C17H14ClF3N2O2/c1-23(2)16(25)11-5-8-13(18)14(9-11)22-15(24)10-3-6-12(7-4-10)17(19,20)21/h3-9H,1-2H3,(H,22,24). The Kier molecular flexibility index (Phi) is 5.37. The van der Waals surface area contributed by atoms with Crippen LogP contribution in [-0.4, -0.2) is 30.8 Å². The molecule has 0 saturated heterocycles. The van der Waals surface area contributed by atoms with Gasteiger partial charge in [-0.15, -0.1) is 0 Å². The summed E-state index contributed by atoms with van der Waals surface area (Å²) in [5.41, 5.74) is -0.301. The Labute approximate surface area is 147 Å². The molecular weight excluding hydrogens is 357 g/mol. The van der Waals surface area contributed by atoms with Crippen molar-refractivity contribution < 1.29 is 22.8 Å². The number of anilines is 1. The Morgan fingerprint density at radius 2 is 1.56 bits per heavy atom. The van der Waals surface area contributed by atoms with Crippen molar-refractivity contribution in [1.29, 1.82) is 0 Å². The lowest BCUT2D eigenvalue weighted by molar-refractivity contribution is -0.137. The van der Waals surface area contributed by atoms with E-state index in [2.05, 4.69) is 5.32 Å². The van der Waals surface area contributed by atoms with Crippen LogP contribution in [0.3, 0.4) is 0 Å². The first-order chi connectivity index (χ1) is 11.6. The first kappa shape index (κ1) is 18.8. The summed E-state index contributed by atoms with van der Waals surface area (Å²) in [4.78, 5) is 25.5. The lowest BCUT2D eigenvalue weighted by Crippen LogP contribution is -2.22. The SMILES string of the molecule is CN(C)C(=O)c1ccc(Cl)c(NC(=O)c2ccc(C(F)(F)F)cc2)c1. The van der Waals surface area contributed by atoms with E-state index in [4.69, 9.17) is 11.6 Å². The number of hydrogen-bond donors (Lipinski definition) is 1. The highest BCUT2D eigenvalue weighted by Crippen LogP contribution is 2.29. The highest BCUT2D eigenvalue weighted by Gasteiger charge is 2.30. The molecule has 0 saturated carbocycles. The molecule has 2 aromatic carbocycles. The second-order valence-electron chi connectivity index (χ2n) is 5.42. The molecule has 0 radical (unpaired) electrons. The van der Waals surface area contributed by atoms with Crippen LogP contribution >= 0.6 is 11.6 Å². The van der Waals surface area contributed by atoms with Crippen LogP contribution in [-0.2, 0) is 6.18 Å². The molecule has 2 amide bonds. The van der Waals surface area contributed by atoms with Crippen LogP contribution in [0.1, 0.15) is 26.3 Å². The fourth-order valence-corrected chi connectivity index (χ4v) is 2.18. The second kappa shape index (κ2) is 7.14. The van der Waals surface area contributed by atoms with E-state index in [0.717, 1.165) is 24.3 Å². The Morgan fingerprint density at radius 3 is 2.08 bits per heavy atom. The number of nitrogens with zero attached hydrogens (tertiary/aromatic N) is 1. The van der Waals surface area contributed by atoms with Gasteiger partial charge >= 0.3 is 6.18 Å². The molecule has 0 atom stereocenters. The van der Waals surface area contributed by atoms with Gasteiger partial charge in [0.25, 0.3) is 11.8 Å². The van der Waals surface area contributed by atoms with Crippen LogP contribution < -0.4 is 5.32 Å². The van der Waals surface area contributed by atoms with Crippen LogP contribution in [0.5, 0.6) is 0 Å². The topological polar surface area (TPSA) is 49.4 Å². The minimum atomic E-state index is -4.47. The summed E-state index contributed by atoms with van der Waals surface area (Å²) >= 11 is 6.01. The van der Waals surface area contributed by atoms with Crippen molar-refractivity contribution >= 4 is 29.1 Å². The van der Waals surface area contributed by atoms with Crippen LogP contribution in [0, 0.1) is 0 Å². The van der Waals surface area contributed by atoms with Crippen LogP contribution in [0.25, 0.3) is 0 Å². The molecule has 25 heavy (non-hydrogen) atoms. The number of nitrogens with one attached hydrogen (secondary N) is 1. The van der Waals surface area contributed by atoms with E-state index in [0.29, 0.717) is 5.56 Å². The van der Waals surface area contributed by atoms with Crippen molar-refractivity contribution in [3.63, 3.8) is 0 Å². The number of rotatable bonds is 3. The minimum absolute atomic E-state index is 0.0356. The molecule has 8 heteroatoms. The molecule has 0 heterocycles. The summed E-state index contributed by atoms with van der Waals surface area (Å²) in [5, 5.41) is 2.70. The monoisotopic (exact) mass is 370 g/mol. The highest BCUT2D eigenvalue weighted by molar-refractivity contribution is 6.34. The van der Waals surface area contributed by atoms with Gasteiger partial charge in [-0.25, -0.2) is 0 Å². The summed E-state index contributed by atoms with van der Waals surface area (Å²) < 4.78 is 37.7. The third-order valence-electron chi connectivity index (χ3n) is 3.34. The van der Waals surface area contributed by atoms with Crippen molar-refractivity contribution in [2.24, 2.45) is 0 Å². The summed E-state index contributed by atoms with van der Waals surface area (Å²) in [7, 11) is 3.16. The molecule has 0 aliphatic rings. The zero-order valence-electron chi connectivity index (χ0n) is 13.3. The number of halogens is 4. The Hall–Kier alpha value is -2.54.